The number of anilines is 2. The summed E-state index contributed by atoms with van der Waals surface area (Å²) in [6.45, 7) is 2.91. The second-order valence-electron chi connectivity index (χ2n) is 4.01. The molecule has 8 nitrogen and oxygen atoms in total. The van der Waals surface area contributed by atoms with E-state index in [0.717, 1.165) is 5.56 Å². The average Bonchev–Trinajstić information content (AvgIpc) is 2.53. The van der Waals surface area contributed by atoms with Crippen molar-refractivity contribution in [3.8, 4) is 11.9 Å². The number of pyridine rings is 1. The molecule has 2 aromatic rings. The largest absolute Gasteiger partial charge is 0.481 e. The highest BCUT2D eigenvalue weighted by atomic mass is 16.5. The molecule has 0 aromatic carbocycles. The summed E-state index contributed by atoms with van der Waals surface area (Å²) >= 11 is 0. The number of aromatic nitrogens is 4. The lowest BCUT2D eigenvalue weighted by Crippen LogP contribution is -2.09. The molecule has 0 unspecified atom stereocenters. The normalized spacial score (nSPS) is 10.0. The van der Waals surface area contributed by atoms with Crippen molar-refractivity contribution in [3.63, 3.8) is 0 Å². The van der Waals surface area contributed by atoms with Crippen LogP contribution in [0.15, 0.2) is 18.3 Å². The Hall–Kier alpha value is -2.64. The molecule has 2 N–H and O–H groups in total. The summed E-state index contributed by atoms with van der Waals surface area (Å²) in [5.41, 5.74) is 0.986. The molecular formula is C13H18N6O2. The van der Waals surface area contributed by atoms with Gasteiger partial charge in [0.05, 0.1) is 13.7 Å². The van der Waals surface area contributed by atoms with Crippen LogP contribution in [0.2, 0.25) is 0 Å². The molecule has 112 valence electrons. The quantitative estimate of drug-likeness (QED) is 0.788. The minimum Gasteiger partial charge on any atom is -0.481 e. The topological polar surface area (TPSA) is 94.1 Å². The van der Waals surface area contributed by atoms with Gasteiger partial charge in [-0.15, -0.1) is 0 Å². The summed E-state index contributed by atoms with van der Waals surface area (Å²) in [5, 5.41) is 5.98. The molecular weight excluding hydrogens is 272 g/mol. The van der Waals surface area contributed by atoms with Crippen LogP contribution in [0.25, 0.3) is 0 Å². The van der Waals surface area contributed by atoms with Crippen molar-refractivity contribution < 1.29 is 9.47 Å². The lowest BCUT2D eigenvalue weighted by Gasteiger charge is -2.08. The summed E-state index contributed by atoms with van der Waals surface area (Å²) in [6, 6.07) is 4.00. The van der Waals surface area contributed by atoms with Gasteiger partial charge in [-0.2, -0.15) is 15.0 Å². The number of ether oxygens (including phenoxy) is 2. The van der Waals surface area contributed by atoms with E-state index in [1.165, 1.54) is 0 Å². The maximum absolute atomic E-state index is 5.30. The monoisotopic (exact) mass is 290 g/mol. The van der Waals surface area contributed by atoms with Gasteiger partial charge >= 0.3 is 6.01 Å². The molecule has 0 fully saturated rings. The summed E-state index contributed by atoms with van der Waals surface area (Å²) in [6.07, 6.45) is 1.73. The van der Waals surface area contributed by atoms with Crippen LogP contribution < -0.4 is 20.1 Å². The van der Waals surface area contributed by atoms with Crippen molar-refractivity contribution >= 4 is 11.9 Å². The van der Waals surface area contributed by atoms with Crippen LogP contribution in [0.4, 0.5) is 11.9 Å². The molecule has 2 rings (SSSR count). The first-order valence-corrected chi connectivity index (χ1v) is 6.54. The van der Waals surface area contributed by atoms with Crippen molar-refractivity contribution in [1.82, 2.24) is 19.9 Å². The molecule has 0 radical (unpaired) electrons. The Balaban J connectivity index is 2.05. The summed E-state index contributed by atoms with van der Waals surface area (Å²) < 4.78 is 10.3. The molecule has 0 aliphatic carbocycles. The fourth-order valence-corrected chi connectivity index (χ4v) is 1.56. The SMILES string of the molecule is CCOc1nc(NC)nc(NCc2ccc(OC)nc2)n1. The first kappa shape index (κ1) is 14.8. The van der Waals surface area contributed by atoms with Gasteiger partial charge in [-0.1, -0.05) is 6.07 Å². The molecule has 2 aromatic heterocycles. The second kappa shape index (κ2) is 7.22. The highest BCUT2D eigenvalue weighted by Gasteiger charge is 2.06. The molecule has 0 spiro atoms. The van der Waals surface area contributed by atoms with E-state index >= 15 is 0 Å². The van der Waals surface area contributed by atoms with Crippen LogP contribution in [-0.2, 0) is 6.54 Å². The Bertz CT molecular complexity index is 575. The second-order valence-corrected chi connectivity index (χ2v) is 4.01. The van der Waals surface area contributed by atoms with E-state index in [4.69, 9.17) is 9.47 Å². The Morgan fingerprint density at radius 3 is 2.57 bits per heavy atom. The molecule has 0 atom stereocenters. The van der Waals surface area contributed by atoms with E-state index in [1.54, 1.807) is 26.4 Å². The van der Waals surface area contributed by atoms with E-state index in [1.807, 2.05) is 13.0 Å². The number of hydrogen-bond acceptors (Lipinski definition) is 8. The van der Waals surface area contributed by atoms with Crippen LogP contribution in [0.1, 0.15) is 12.5 Å². The molecule has 0 bridgehead atoms. The third-order valence-electron chi connectivity index (χ3n) is 2.57. The highest BCUT2D eigenvalue weighted by Crippen LogP contribution is 2.12. The summed E-state index contributed by atoms with van der Waals surface area (Å²) in [5.74, 6) is 1.47. The van der Waals surface area contributed by atoms with Gasteiger partial charge in [0, 0.05) is 25.9 Å². The molecule has 0 aliphatic heterocycles. The number of methoxy groups -OCH3 is 1. The van der Waals surface area contributed by atoms with Crippen molar-refractivity contribution in [2.24, 2.45) is 0 Å². The minimum atomic E-state index is 0.284. The van der Waals surface area contributed by atoms with Crippen molar-refractivity contribution in [2.45, 2.75) is 13.5 Å². The van der Waals surface area contributed by atoms with Gasteiger partial charge in [-0.05, 0) is 12.5 Å². The van der Waals surface area contributed by atoms with Crippen LogP contribution in [0.3, 0.4) is 0 Å². The molecule has 0 amide bonds. The van der Waals surface area contributed by atoms with Crippen molar-refractivity contribution in [3.05, 3.63) is 23.9 Å². The van der Waals surface area contributed by atoms with Crippen molar-refractivity contribution in [2.75, 3.05) is 31.4 Å². The maximum atomic E-state index is 5.30. The van der Waals surface area contributed by atoms with E-state index in [2.05, 4.69) is 30.6 Å². The van der Waals surface area contributed by atoms with Crippen LogP contribution >= 0.6 is 0 Å². The van der Waals surface area contributed by atoms with E-state index < -0.39 is 0 Å². The number of rotatable bonds is 7. The summed E-state index contributed by atoms with van der Waals surface area (Å²) in [7, 11) is 3.32. The zero-order valence-electron chi connectivity index (χ0n) is 12.3. The van der Waals surface area contributed by atoms with Gasteiger partial charge in [0.2, 0.25) is 17.8 Å². The van der Waals surface area contributed by atoms with Gasteiger partial charge in [0.1, 0.15) is 0 Å². The molecule has 8 heteroatoms. The van der Waals surface area contributed by atoms with Crippen molar-refractivity contribution in [1.29, 1.82) is 0 Å². The minimum absolute atomic E-state index is 0.284. The first-order valence-electron chi connectivity index (χ1n) is 6.54. The lowest BCUT2D eigenvalue weighted by molar-refractivity contribution is 0.312. The Kier molecular flexibility index (Phi) is 5.08. The standard InChI is InChI=1S/C13H18N6O2/c1-4-21-13-18-11(14-2)17-12(19-13)16-8-9-5-6-10(20-3)15-7-9/h5-7H,4,8H2,1-3H3,(H2,14,16,17,18,19). The van der Waals surface area contributed by atoms with Crippen LogP contribution in [-0.4, -0.2) is 40.7 Å². The Labute approximate surface area is 123 Å². The molecule has 0 saturated carbocycles. The predicted octanol–water partition coefficient (Wildman–Crippen LogP) is 1.33. The summed E-state index contributed by atoms with van der Waals surface area (Å²) in [4.78, 5) is 16.6. The molecule has 2 heterocycles. The maximum Gasteiger partial charge on any atom is 0.323 e. The zero-order valence-corrected chi connectivity index (χ0v) is 12.3. The average molecular weight is 290 g/mol. The van der Waals surface area contributed by atoms with E-state index in [9.17, 15) is 0 Å². The Morgan fingerprint density at radius 1 is 1.14 bits per heavy atom. The van der Waals surface area contributed by atoms with Gasteiger partial charge in [-0.25, -0.2) is 4.98 Å². The zero-order chi connectivity index (χ0) is 15.1. The number of hydrogen-bond donors (Lipinski definition) is 2. The van der Waals surface area contributed by atoms with Gasteiger partial charge in [0.25, 0.3) is 0 Å². The van der Waals surface area contributed by atoms with Crippen LogP contribution in [0.5, 0.6) is 11.9 Å². The third kappa shape index (κ3) is 4.16. The molecule has 0 saturated heterocycles. The van der Waals surface area contributed by atoms with E-state index in [0.29, 0.717) is 30.9 Å². The van der Waals surface area contributed by atoms with Gasteiger partial charge in [-0.3, -0.25) is 0 Å². The molecule has 21 heavy (non-hydrogen) atoms. The van der Waals surface area contributed by atoms with Gasteiger partial charge in [0.15, 0.2) is 0 Å². The lowest BCUT2D eigenvalue weighted by atomic mass is 10.3. The molecule has 0 aliphatic rings. The fraction of sp³-hybridized carbons (Fsp3) is 0.385. The smallest absolute Gasteiger partial charge is 0.323 e. The van der Waals surface area contributed by atoms with E-state index in [-0.39, 0.29) is 6.01 Å². The highest BCUT2D eigenvalue weighted by molar-refractivity contribution is 5.36. The third-order valence-corrected chi connectivity index (χ3v) is 2.57. The number of nitrogens with one attached hydrogen (secondary N) is 2. The van der Waals surface area contributed by atoms with Crippen LogP contribution in [0, 0.1) is 0 Å². The Morgan fingerprint density at radius 2 is 1.95 bits per heavy atom. The van der Waals surface area contributed by atoms with Gasteiger partial charge < -0.3 is 20.1 Å². The predicted molar refractivity (Wildman–Crippen MR) is 78.7 cm³/mol. The number of nitrogens with zero attached hydrogens (tertiary/aromatic N) is 4. The first-order chi connectivity index (χ1) is 10.2. The fourth-order valence-electron chi connectivity index (χ4n) is 1.56.